The largest absolute Gasteiger partial charge is 0.488 e. The molecule has 236 valence electrons. The molecule has 0 saturated heterocycles. The molecule has 1 aliphatic heterocycles. The second kappa shape index (κ2) is 12.9. The zero-order valence-corrected chi connectivity index (χ0v) is 27.6. The molecule has 9 rings (SSSR count). The molecule has 1 aliphatic rings. The predicted octanol–water partition coefficient (Wildman–Crippen LogP) is 13.2. The molecule has 0 fully saturated rings. The molecule has 8 aromatic carbocycles. The zero-order valence-electron chi connectivity index (χ0n) is 27.6. The lowest BCUT2D eigenvalue weighted by Gasteiger charge is -2.23. The van der Waals surface area contributed by atoms with Gasteiger partial charge in [-0.1, -0.05) is 158 Å². The topological polar surface area (TPSA) is 9.23 Å². The highest BCUT2D eigenvalue weighted by molar-refractivity contribution is 5.90. The normalized spacial score (nSPS) is 11.7. The Labute approximate surface area is 293 Å². The van der Waals surface area contributed by atoms with Crippen LogP contribution in [-0.4, -0.2) is 0 Å². The van der Waals surface area contributed by atoms with Gasteiger partial charge in [0.1, 0.15) is 12.4 Å². The zero-order chi connectivity index (χ0) is 33.3. The van der Waals surface area contributed by atoms with E-state index in [9.17, 15) is 0 Å². The first-order valence-corrected chi connectivity index (χ1v) is 17.2. The summed E-state index contributed by atoms with van der Waals surface area (Å²) >= 11 is 0. The number of hydrogen-bond donors (Lipinski definition) is 0. The van der Waals surface area contributed by atoms with Crippen molar-refractivity contribution in [3.8, 4) is 83.6 Å². The van der Waals surface area contributed by atoms with Gasteiger partial charge in [0.2, 0.25) is 0 Å². The van der Waals surface area contributed by atoms with Crippen LogP contribution in [0.1, 0.15) is 5.56 Å². The molecule has 0 amide bonds. The summed E-state index contributed by atoms with van der Waals surface area (Å²) in [5.74, 6) is 0.945. The molecule has 0 spiro atoms. The highest BCUT2D eigenvalue weighted by Gasteiger charge is 2.20. The van der Waals surface area contributed by atoms with Gasteiger partial charge >= 0.3 is 0 Å². The van der Waals surface area contributed by atoms with Crippen molar-refractivity contribution in [2.24, 2.45) is 0 Å². The van der Waals surface area contributed by atoms with Crippen LogP contribution in [-0.2, 0) is 6.61 Å². The van der Waals surface area contributed by atoms with Crippen molar-refractivity contribution in [3.05, 3.63) is 200 Å². The van der Waals surface area contributed by atoms with Crippen LogP contribution in [0, 0.1) is 0 Å². The van der Waals surface area contributed by atoms with Gasteiger partial charge in [-0.05, 0) is 114 Å². The van der Waals surface area contributed by atoms with E-state index in [-0.39, 0.29) is 0 Å². The molecule has 0 aliphatic carbocycles. The standard InChI is InChI=1S/C49H34O/c1-3-12-34(13-4-1)38-16-9-18-40(28-38)44-30-43(31-45(32-44)41-19-10-17-39(29-41)35-14-5-2-6-15-35)36-24-26-37(27-25-36)46-22-11-20-42-33-50-48-23-8-7-21-47(48)49(42)46/h1-32H,33H2. The van der Waals surface area contributed by atoms with Crippen LogP contribution in [0.25, 0.3) is 77.9 Å². The van der Waals surface area contributed by atoms with E-state index in [1.54, 1.807) is 0 Å². The lowest BCUT2D eigenvalue weighted by Crippen LogP contribution is -2.06. The third-order valence-corrected chi connectivity index (χ3v) is 9.76. The molecule has 0 N–H and O–H groups in total. The SMILES string of the molecule is c1ccc(-c2cccc(-c3cc(-c4ccc(-c5cccc6c5-c5ccccc5OC6)cc4)cc(-c4cccc(-c5ccccc5)c4)c3)c2)cc1. The number of ether oxygens (including phenoxy) is 1. The molecule has 0 atom stereocenters. The van der Waals surface area contributed by atoms with Crippen LogP contribution >= 0.6 is 0 Å². The summed E-state index contributed by atoms with van der Waals surface area (Å²) in [5.41, 5.74) is 18.1. The fourth-order valence-electron chi connectivity index (χ4n) is 7.22. The van der Waals surface area contributed by atoms with E-state index in [1.165, 1.54) is 77.9 Å². The summed E-state index contributed by atoms with van der Waals surface area (Å²) in [6, 6.07) is 70.0. The van der Waals surface area contributed by atoms with Crippen LogP contribution in [0.2, 0.25) is 0 Å². The van der Waals surface area contributed by atoms with E-state index in [2.05, 4.69) is 188 Å². The molecule has 0 bridgehead atoms. The summed E-state index contributed by atoms with van der Waals surface area (Å²) < 4.78 is 6.08. The van der Waals surface area contributed by atoms with Gasteiger partial charge in [0.25, 0.3) is 0 Å². The highest BCUT2D eigenvalue weighted by Crippen LogP contribution is 2.44. The van der Waals surface area contributed by atoms with Gasteiger partial charge in [0, 0.05) is 5.56 Å². The summed E-state index contributed by atoms with van der Waals surface area (Å²) in [6.07, 6.45) is 0. The fourth-order valence-corrected chi connectivity index (χ4v) is 7.22. The van der Waals surface area contributed by atoms with E-state index in [0.717, 1.165) is 11.3 Å². The first-order chi connectivity index (χ1) is 24.8. The Morgan fingerprint density at radius 1 is 0.280 bits per heavy atom. The Kier molecular flexibility index (Phi) is 7.64. The van der Waals surface area contributed by atoms with Crippen LogP contribution in [0.15, 0.2) is 194 Å². The van der Waals surface area contributed by atoms with Crippen LogP contribution < -0.4 is 4.74 Å². The van der Waals surface area contributed by atoms with E-state index in [4.69, 9.17) is 4.74 Å². The van der Waals surface area contributed by atoms with E-state index >= 15 is 0 Å². The Hall–Kier alpha value is -6.44. The molecular formula is C49H34O. The molecular weight excluding hydrogens is 605 g/mol. The fraction of sp³-hybridized carbons (Fsp3) is 0.0204. The van der Waals surface area contributed by atoms with Crippen molar-refractivity contribution < 1.29 is 4.74 Å². The van der Waals surface area contributed by atoms with Gasteiger partial charge in [0.15, 0.2) is 0 Å². The van der Waals surface area contributed by atoms with Gasteiger partial charge in [-0.2, -0.15) is 0 Å². The summed E-state index contributed by atoms with van der Waals surface area (Å²) in [6.45, 7) is 0.588. The van der Waals surface area contributed by atoms with Crippen molar-refractivity contribution in [2.75, 3.05) is 0 Å². The maximum absolute atomic E-state index is 6.08. The number of para-hydroxylation sites is 1. The molecule has 0 unspecified atom stereocenters. The van der Waals surface area contributed by atoms with Crippen LogP contribution in [0.3, 0.4) is 0 Å². The third kappa shape index (κ3) is 5.70. The first-order valence-electron chi connectivity index (χ1n) is 17.2. The van der Waals surface area contributed by atoms with E-state index in [0.29, 0.717) is 6.61 Å². The summed E-state index contributed by atoms with van der Waals surface area (Å²) in [4.78, 5) is 0. The minimum Gasteiger partial charge on any atom is -0.488 e. The Balaban J connectivity index is 1.15. The highest BCUT2D eigenvalue weighted by atomic mass is 16.5. The number of hydrogen-bond acceptors (Lipinski definition) is 1. The first kappa shape index (κ1) is 29.7. The Morgan fingerprint density at radius 3 is 1.28 bits per heavy atom. The van der Waals surface area contributed by atoms with Crippen LogP contribution in [0.4, 0.5) is 0 Å². The lowest BCUT2D eigenvalue weighted by molar-refractivity contribution is 0.302. The van der Waals surface area contributed by atoms with Crippen molar-refractivity contribution in [2.45, 2.75) is 6.61 Å². The second-order valence-corrected chi connectivity index (χ2v) is 12.9. The quantitative estimate of drug-likeness (QED) is 0.176. The monoisotopic (exact) mass is 638 g/mol. The van der Waals surface area contributed by atoms with Crippen molar-refractivity contribution in [3.63, 3.8) is 0 Å². The van der Waals surface area contributed by atoms with Gasteiger partial charge in [-0.15, -0.1) is 0 Å². The average molecular weight is 639 g/mol. The van der Waals surface area contributed by atoms with Crippen molar-refractivity contribution >= 4 is 0 Å². The predicted molar refractivity (Wildman–Crippen MR) is 209 cm³/mol. The third-order valence-electron chi connectivity index (χ3n) is 9.76. The van der Waals surface area contributed by atoms with E-state index < -0.39 is 0 Å². The average Bonchev–Trinajstić information content (AvgIpc) is 3.21. The van der Waals surface area contributed by atoms with Gasteiger partial charge in [-0.25, -0.2) is 0 Å². The minimum absolute atomic E-state index is 0.588. The number of benzene rings is 8. The molecule has 1 nitrogen and oxygen atoms in total. The molecule has 50 heavy (non-hydrogen) atoms. The van der Waals surface area contributed by atoms with Gasteiger partial charge < -0.3 is 4.74 Å². The summed E-state index contributed by atoms with van der Waals surface area (Å²) in [7, 11) is 0. The van der Waals surface area contributed by atoms with E-state index in [1.807, 2.05) is 6.07 Å². The van der Waals surface area contributed by atoms with Gasteiger partial charge in [0.05, 0.1) is 0 Å². The number of fused-ring (bicyclic) bond motifs is 3. The molecule has 0 radical (unpaired) electrons. The maximum atomic E-state index is 6.08. The smallest absolute Gasteiger partial charge is 0.127 e. The van der Waals surface area contributed by atoms with Gasteiger partial charge in [-0.3, -0.25) is 0 Å². The summed E-state index contributed by atoms with van der Waals surface area (Å²) in [5, 5.41) is 0. The molecule has 0 saturated carbocycles. The lowest BCUT2D eigenvalue weighted by atomic mass is 9.88. The van der Waals surface area contributed by atoms with Crippen molar-refractivity contribution in [1.82, 2.24) is 0 Å². The Bertz CT molecular complexity index is 2360. The molecule has 8 aromatic rings. The van der Waals surface area contributed by atoms with Crippen molar-refractivity contribution in [1.29, 1.82) is 0 Å². The molecule has 1 heterocycles. The molecule has 1 heteroatoms. The maximum Gasteiger partial charge on any atom is 0.127 e. The Morgan fingerprint density at radius 2 is 0.680 bits per heavy atom. The number of rotatable bonds is 6. The minimum atomic E-state index is 0.588. The molecule has 0 aromatic heterocycles. The van der Waals surface area contributed by atoms with Crippen LogP contribution in [0.5, 0.6) is 5.75 Å². The second-order valence-electron chi connectivity index (χ2n) is 12.9.